The van der Waals surface area contributed by atoms with Crippen LogP contribution in [-0.2, 0) is 0 Å². The summed E-state index contributed by atoms with van der Waals surface area (Å²) in [5.74, 6) is 5.47. The second-order valence-electron chi connectivity index (χ2n) is 7.64. The normalized spacial score (nSPS) is 38.5. The zero-order valence-corrected chi connectivity index (χ0v) is 13.8. The van der Waals surface area contributed by atoms with E-state index in [1.807, 2.05) is 0 Å². The summed E-state index contributed by atoms with van der Waals surface area (Å²) in [6, 6.07) is 6.49. The Labute approximate surface area is 133 Å². The Bertz CT molecular complexity index is 510. The largest absolute Gasteiger partial charge is 0.496 e. The van der Waals surface area contributed by atoms with Gasteiger partial charge in [-0.15, -0.1) is 11.6 Å². The summed E-state index contributed by atoms with van der Waals surface area (Å²) in [4.78, 5) is 0. The van der Waals surface area contributed by atoms with Gasteiger partial charge in [-0.3, -0.25) is 0 Å². The van der Waals surface area contributed by atoms with Crippen molar-refractivity contribution in [3.05, 3.63) is 29.3 Å². The van der Waals surface area contributed by atoms with E-state index in [1.165, 1.54) is 43.2 Å². The van der Waals surface area contributed by atoms with E-state index in [0.29, 0.717) is 5.92 Å². The van der Waals surface area contributed by atoms with E-state index in [4.69, 9.17) is 16.3 Å². The molecule has 114 valence electrons. The predicted molar refractivity (Wildman–Crippen MR) is 86.9 cm³/mol. The third kappa shape index (κ3) is 2.29. The van der Waals surface area contributed by atoms with E-state index in [0.717, 1.165) is 29.4 Å². The van der Waals surface area contributed by atoms with Gasteiger partial charge < -0.3 is 4.74 Å². The predicted octanol–water partition coefficient (Wildman–Crippen LogP) is 5.36. The number of rotatable bonds is 3. The highest BCUT2D eigenvalue weighted by Gasteiger charge is 2.50. The van der Waals surface area contributed by atoms with Crippen LogP contribution in [0.25, 0.3) is 0 Å². The number of aryl methyl sites for hydroxylation is 1. The zero-order valence-electron chi connectivity index (χ0n) is 13.0. The molecule has 0 aromatic heterocycles. The molecule has 0 amide bonds. The quantitative estimate of drug-likeness (QED) is 0.683. The molecule has 4 aliphatic rings. The van der Waals surface area contributed by atoms with Crippen molar-refractivity contribution >= 4 is 11.6 Å². The molecule has 1 nitrogen and oxygen atoms in total. The molecular formula is C19H25ClO. The number of methoxy groups -OCH3 is 1. The fourth-order valence-electron chi connectivity index (χ4n) is 5.74. The lowest BCUT2D eigenvalue weighted by atomic mass is 9.51. The molecule has 4 aliphatic carbocycles. The number of halogens is 1. The second-order valence-corrected chi connectivity index (χ2v) is 8.11. The van der Waals surface area contributed by atoms with Crippen molar-refractivity contribution in [2.75, 3.05) is 7.11 Å². The van der Waals surface area contributed by atoms with Gasteiger partial charge in [0.15, 0.2) is 0 Å². The van der Waals surface area contributed by atoms with Crippen LogP contribution in [0.4, 0.5) is 0 Å². The zero-order chi connectivity index (χ0) is 14.6. The third-order valence-corrected chi connectivity index (χ3v) is 6.92. The summed E-state index contributed by atoms with van der Waals surface area (Å²) in [5.41, 5.74) is 2.50. The maximum atomic E-state index is 6.98. The topological polar surface area (TPSA) is 9.23 Å². The molecule has 1 aromatic rings. The van der Waals surface area contributed by atoms with Gasteiger partial charge >= 0.3 is 0 Å². The van der Waals surface area contributed by atoms with Gasteiger partial charge in [-0.2, -0.15) is 0 Å². The fourth-order valence-corrected chi connectivity index (χ4v) is 6.29. The Morgan fingerprint density at radius 2 is 1.67 bits per heavy atom. The Kier molecular flexibility index (Phi) is 3.45. The van der Waals surface area contributed by atoms with Gasteiger partial charge in [0.05, 0.1) is 12.5 Å². The molecule has 5 rings (SSSR count). The lowest BCUT2D eigenvalue weighted by Crippen LogP contribution is -2.46. The van der Waals surface area contributed by atoms with Crippen molar-refractivity contribution < 1.29 is 4.74 Å². The molecule has 0 saturated heterocycles. The third-order valence-electron chi connectivity index (χ3n) is 6.37. The van der Waals surface area contributed by atoms with Crippen LogP contribution in [0.3, 0.4) is 0 Å². The van der Waals surface area contributed by atoms with Crippen LogP contribution in [0.2, 0.25) is 0 Å². The molecule has 0 N–H and O–H groups in total. The SMILES string of the molecule is COc1ccc(C(Cl)C2C3CC4CC(C3)CC2C4)cc1C. The van der Waals surface area contributed by atoms with Crippen LogP contribution >= 0.6 is 11.6 Å². The Morgan fingerprint density at radius 1 is 1.05 bits per heavy atom. The number of hydrogen-bond acceptors (Lipinski definition) is 1. The van der Waals surface area contributed by atoms with E-state index >= 15 is 0 Å². The minimum absolute atomic E-state index is 0.185. The highest BCUT2D eigenvalue weighted by atomic mass is 35.5. The lowest BCUT2D eigenvalue weighted by Gasteiger charge is -2.55. The molecule has 0 heterocycles. The van der Waals surface area contributed by atoms with E-state index in [9.17, 15) is 0 Å². The number of alkyl halides is 1. The number of benzene rings is 1. The van der Waals surface area contributed by atoms with Crippen LogP contribution in [0.5, 0.6) is 5.75 Å². The van der Waals surface area contributed by atoms with E-state index in [-0.39, 0.29) is 5.38 Å². The molecule has 1 aromatic carbocycles. The summed E-state index contributed by atoms with van der Waals surface area (Å²) in [7, 11) is 1.73. The monoisotopic (exact) mass is 304 g/mol. The molecule has 4 saturated carbocycles. The first-order chi connectivity index (χ1) is 10.2. The minimum atomic E-state index is 0.185. The van der Waals surface area contributed by atoms with Crippen molar-refractivity contribution in [1.29, 1.82) is 0 Å². The molecule has 1 unspecified atom stereocenters. The highest BCUT2D eigenvalue weighted by molar-refractivity contribution is 6.21. The average Bonchev–Trinajstić information content (AvgIpc) is 2.45. The molecule has 0 aliphatic heterocycles. The van der Waals surface area contributed by atoms with Crippen LogP contribution in [0, 0.1) is 36.5 Å². The first kappa shape index (κ1) is 13.9. The maximum Gasteiger partial charge on any atom is 0.121 e. The summed E-state index contributed by atoms with van der Waals surface area (Å²) < 4.78 is 5.38. The number of hydrogen-bond donors (Lipinski definition) is 0. The molecule has 2 heteroatoms. The van der Waals surface area contributed by atoms with Gasteiger partial charge in [0, 0.05) is 0 Å². The molecule has 0 spiro atoms. The minimum Gasteiger partial charge on any atom is -0.496 e. The standard InChI is InChI=1S/C19H25ClO/c1-11-5-14(3-4-17(11)21-2)19(20)18-15-7-12-6-13(9-15)10-16(18)8-12/h3-5,12-13,15-16,18-19H,6-10H2,1-2H3. The smallest absolute Gasteiger partial charge is 0.121 e. The molecule has 4 bridgehead atoms. The van der Waals surface area contributed by atoms with Crippen LogP contribution in [-0.4, -0.2) is 7.11 Å². The summed E-state index contributed by atoms with van der Waals surface area (Å²) in [6.45, 7) is 2.11. The van der Waals surface area contributed by atoms with E-state index < -0.39 is 0 Å². The fraction of sp³-hybridized carbons (Fsp3) is 0.684. The molecule has 1 atom stereocenters. The molecule has 0 radical (unpaired) electrons. The average molecular weight is 305 g/mol. The van der Waals surface area contributed by atoms with Crippen molar-refractivity contribution in [2.24, 2.45) is 29.6 Å². The van der Waals surface area contributed by atoms with Crippen molar-refractivity contribution in [1.82, 2.24) is 0 Å². The van der Waals surface area contributed by atoms with Gasteiger partial charge in [-0.05, 0) is 85.8 Å². The summed E-state index contributed by atoms with van der Waals surface area (Å²) in [5, 5.41) is 0.185. The van der Waals surface area contributed by atoms with E-state index in [1.54, 1.807) is 7.11 Å². The summed E-state index contributed by atoms with van der Waals surface area (Å²) in [6.07, 6.45) is 7.27. The summed E-state index contributed by atoms with van der Waals surface area (Å²) >= 11 is 6.98. The molecule has 4 fully saturated rings. The molecule has 21 heavy (non-hydrogen) atoms. The van der Waals surface area contributed by atoms with Gasteiger partial charge in [-0.25, -0.2) is 0 Å². The van der Waals surface area contributed by atoms with Gasteiger partial charge in [0.2, 0.25) is 0 Å². The highest BCUT2D eigenvalue weighted by Crippen LogP contribution is 2.60. The Balaban J connectivity index is 1.60. The maximum absolute atomic E-state index is 6.98. The second kappa shape index (κ2) is 5.19. The van der Waals surface area contributed by atoms with Gasteiger partial charge in [0.25, 0.3) is 0 Å². The van der Waals surface area contributed by atoms with Crippen molar-refractivity contribution in [2.45, 2.75) is 44.4 Å². The first-order valence-electron chi connectivity index (χ1n) is 8.44. The van der Waals surface area contributed by atoms with Crippen LogP contribution in [0.1, 0.15) is 48.6 Å². The van der Waals surface area contributed by atoms with Crippen LogP contribution < -0.4 is 4.74 Å². The van der Waals surface area contributed by atoms with Crippen LogP contribution in [0.15, 0.2) is 18.2 Å². The lowest BCUT2D eigenvalue weighted by molar-refractivity contribution is -0.0381. The first-order valence-corrected chi connectivity index (χ1v) is 8.88. The Hall–Kier alpha value is -0.690. The van der Waals surface area contributed by atoms with Crippen molar-refractivity contribution in [3.63, 3.8) is 0 Å². The van der Waals surface area contributed by atoms with E-state index in [2.05, 4.69) is 25.1 Å². The van der Waals surface area contributed by atoms with Gasteiger partial charge in [0.1, 0.15) is 5.75 Å². The van der Waals surface area contributed by atoms with Crippen molar-refractivity contribution in [3.8, 4) is 5.75 Å². The molecular weight excluding hydrogens is 280 g/mol. The Morgan fingerprint density at radius 3 is 2.19 bits per heavy atom. The van der Waals surface area contributed by atoms with Gasteiger partial charge in [-0.1, -0.05) is 12.1 Å². The number of ether oxygens (including phenoxy) is 1.